The summed E-state index contributed by atoms with van der Waals surface area (Å²) in [5, 5.41) is 3.06. The average molecular weight is 319 g/mol. The summed E-state index contributed by atoms with van der Waals surface area (Å²) in [4.78, 5) is 11.9. The van der Waals surface area contributed by atoms with Crippen LogP contribution in [0, 0.1) is 6.92 Å². The topological polar surface area (TPSA) is 29.1 Å². The van der Waals surface area contributed by atoms with E-state index in [0.29, 0.717) is 12.1 Å². The highest BCUT2D eigenvalue weighted by atomic mass is 79.9. The first-order chi connectivity index (χ1) is 8.02. The van der Waals surface area contributed by atoms with E-state index in [1.54, 1.807) is 0 Å². The van der Waals surface area contributed by atoms with Gasteiger partial charge in [0.1, 0.15) is 0 Å². The molecular weight excluding hydrogens is 302 g/mol. The lowest BCUT2D eigenvalue weighted by atomic mass is 10.1. The van der Waals surface area contributed by atoms with Crippen molar-refractivity contribution in [3.63, 3.8) is 0 Å². The van der Waals surface area contributed by atoms with E-state index in [2.05, 4.69) is 21.2 Å². The Morgan fingerprint density at radius 3 is 2.88 bits per heavy atom. The molecule has 0 aliphatic carbocycles. The molecule has 94 valence electrons. The van der Waals surface area contributed by atoms with Gasteiger partial charge in [0.15, 0.2) is 0 Å². The third kappa shape index (κ3) is 4.68. The molecule has 0 saturated carbocycles. The molecule has 1 aromatic rings. The normalized spacial score (nSPS) is 12.2. The molecule has 2 nitrogen and oxygen atoms in total. The van der Waals surface area contributed by atoms with Crippen LogP contribution in [0.5, 0.6) is 0 Å². The number of nitrogens with one attached hydrogen (secondary N) is 1. The van der Waals surface area contributed by atoms with Gasteiger partial charge >= 0.3 is 0 Å². The van der Waals surface area contributed by atoms with E-state index in [0.717, 1.165) is 22.9 Å². The molecule has 0 bridgehead atoms. The van der Waals surface area contributed by atoms with Gasteiger partial charge < -0.3 is 5.32 Å². The van der Waals surface area contributed by atoms with Gasteiger partial charge in [-0.15, -0.1) is 11.6 Å². The van der Waals surface area contributed by atoms with Crippen LogP contribution in [0.25, 0.3) is 0 Å². The van der Waals surface area contributed by atoms with Gasteiger partial charge in [0.25, 0.3) is 5.91 Å². The van der Waals surface area contributed by atoms with Crippen molar-refractivity contribution in [2.45, 2.75) is 32.1 Å². The van der Waals surface area contributed by atoms with Crippen molar-refractivity contribution in [1.29, 1.82) is 0 Å². The lowest BCUT2D eigenvalue weighted by molar-refractivity contribution is 0.0952. The van der Waals surface area contributed by atoms with Gasteiger partial charge in [0.05, 0.1) is 5.56 Å². The monoisotopic (exact) mass is 317 g/mol. The molecule has 0 radical (unpaired) electrons. The van der Waals surface area contributed by atoms with Gasteiger partial charge in [-0.2, -0.15) is 0 Å². The third-order valence-electron chi connectivity index (χ3n) is 2.50. The van der Waals surface area contributed by atoms with Crippen LogP contribution in [0.2, 0.25) is 0 Å². The number of amides is 1. The summed E-state index contributed by atoms with van der Waals surface area (Å²) in [6.45, 7) is 4.59. The van der Waals surface area contributed by atoms with Crippen molar-refractivity contribution in [2.24, 2.45) is 0 Å². The maximum Gasteiger partial charge on any atom is 0.252 e. The van der Waals surface area contributed by atoms with Crippen LogP contribution in [0.3, 0.4) is 0 Å². The zero-order valence-electron chi connectivity index (χ0n) is 10.1. The number of hydrogen-bond donors (Lipinski definition) is 1. The second-order valence-corrected chi connectivity index (χ2v) is 5.65. The molecule has 0 aliphatic heterocycles. The van der Waals surface area contributed by atoms with Gasteiger partial charge in [-0.25, -0.2) is 0 Å². The van der Waals surface area contributed by atoms with Crippen LogP contribution < -0.4 is 5.32 Å². The largest absolute Gasteiger partial charge is 0.352 e. The fraction of sp³-hybridized carbons (Fsp3) is 0.462. The van der Waals surface area contributed by atoms with Crippen molar-refractivity contribution in [3.8, 4) is 0 Å². The average Bonchev–Trinajstić information content (AvgIpc) is 2.27. The Morgan fingerprint density at radius 2 is 2.24 bits per heavy atom. The van der Waals surface area contributed by atoms with Crippen LogP contribution in [0.4, 0.5) is 0 Å². The standard InChI is InChI=1S/C13H17BrClNO/c1-9-5-3-7-11(12(9)14)13(17)16-8-4-6-10(2)15/h3,5,7,10H,4,6,8H2,1-2H3,(H,16,17). The van der Waals surface area contributed by atoms with Crippen molar-refractivity contribution in [1.82, 2.24) is 5.32 Å². The number of hydrogen-bond acceptors (Lipinski definition) is 1. The maximum atomic E-state index is 11.9. The van der Waals surface area contributed by atoms with E-state index >= 15 is 0 Å². The van der Waals surface area contributed by atoms with E-state index in [1.807, 2.05) is 32.0 Å². The number of alkyl halides is 1. The minimum atomic E-state index is -0.0391. The first-order valence-corrected chi connectivity index (χ1v) is 6.92. The second kappa shape index (κ2) is 7.02. The number of benzene rings is 1. The van der Waals surface area contributed by atoms with Gasteiger partial charge in [0, 0.05) is 16.4 Å². The molecule has 0 aromatic heterocycles. The lowest BCUT2D eigenvalue weighted by Crippen LogP contribution is -2.25. The van der Waals surface area contributed by atoms with Crippen molar-refractivity contribution >= 4 is 33.4 Å². The summed E-state index contributed by atoms with van der Waals surface area (Å²) in [6.07, 6.45) is 1.82. The van der Waals surface area contributed by atoms with Crippen LogP contribution in [-0.4, -0.2) is 17.8 Å². The van der Waals surface area contributed by atoms with Crippen molar-refractivity contribution in [2.75, 3.05) is 6.54 Å². The Balaban J connectivity index is 2.50. The van der Waals surface area contributed by atoms with Crippen LogP contribution in [0.1, 0.15) is 35.7 Å². The number of aryl methyl sites for hydroxylation is 1. The third-order valence-corrected chi connectivity index (χ3v) is 3.77. The zero-order chi connectivity index (χ0) is 12.8. The van der Waals surface area contributed by atoms with Crippen LogP contribution in [-0.2, 0) is 0 Å². The molecule has 4 heteroatoms. The Bertz CT molecular complexity index is 393. The van der Waals surface area contributed by atoms with Gasteiger partial charge in [-0.3, -0.25) is 4.79 Å². The summed E-state index contributed by atoms with van der Waals surface area (Å²) in [6, 6.07) is 5.67. The predicted octanol–water partition coefficient (Wildman–Crippen LogP) is 3.89. The van der Waals surface area contributed by atoms with Gasteiger partial charge in [-0.05, 0) is 54.2 Å². The molecule has 0 heterocycles. The van der Waals surface area contributed by atoms with E-state index in [9.17, 15) is 4.79 Å². The van der Waals surface area contributed by atoms with Crippen LogP contribution >= 0.6 is 27.5 Å². The molecule has 1 N–H and O–H groups in total. The number of halogens is 2. The smallest absolute Gasteiger partial charge is 0.252 e. The molecule has 0 spiro atoms. The number of rotatable bonds is 5. The highest BCUT2D eigenvalue weighted by Gasteiger charge is 2.10. The first-order valence-electron chi connectivity index (χ1n) is 5.69. The molecule has 1 amide bonds. The second-order valence-electron chi connectivity index (χ2n) is 4.12. The highest BCUT2D eigenvalue weighted by Crippen LogP contribution is 2.20. The Kier molecular flexibility index (Phi) is 6.00. The SMILES string of the molecule is Cc1cccc(C(=O)NCCCC(C)Cl)c1Br. The summed E-state index contributed by atoms with van der Waals surface area (Å²) in [5.41, 5.74) is 1.75. The Hall–Kier alpha value is -0.540. The maximum absolute atomic E-state index is 11.9. The lowest BCUT2D eigenvalue weighted by Gasteiger charge is -2.08. The minimum Gasteiger partial charge on any atom is -0.352 e. The van der Waals surface area contributed by atoms with Gasteiger partial charge in [0.2, 0.25) is 0 Å². The quantitative estimate of drug-likeness (QED) is 0.647. The minimum absolute atomic E-state index is 0.0391. The van der Waals surface area contributed by atoms with E-state index in [1.165, 1.54) is 0 Å². The molecule has 0 saturated heterocycles. The molecular formula is C13H17BrClNO. The van der Waals surface area contributed by atoms with Crippen molar-refractivity contribution in [3.05, 3.63) is 33.8 Å². The van der Waals surface area contributed by atoms with E-state index in [4.69, 9.17) is 11.6 Å². The molecule has 1 rings (SSSR count). The molecule has 0 fully saturated rings. The number of carbonyl (C=O) groups is 1. The van der Waals surface area contributed by atoms with Gasteiger partial charge in [-0.1, -0.05) is 12.1 Å². The summed E-state index contributed by atoms with van der Waals surface area (Å²) < 4.78 is 0.864. The van der Waals surface area contributed by atoms with E-state index in [-0.39, 0.29) is 11.3 Å². The molecule has 0 aliphatic rings. The highest BCUT2D eigenvalue weighted by molar-refractivity contribution is 9.10. The first kappa shape index (κ1) is 14.5. The van der Waals surface area contributed by atoms with E-state index < -0.39 is 0 Å². The zero-order valence-corrected chi connectivity index (χ0v) is 12.4. The fourth-order valence-corrected chi connectivity index (χ4v) is 2.10. The fourth-order valence-electron chi connectivity index (χ4n) is 1.50. The molecule has 1 aromatic carbocycles. The molecule has 1 atom stereocenters. The number of carbonyl (C=O) groups excluding carboxylic acids is 1. The Labute approximate surface area is 116 Å². The Morgan fingerprint density at radius 1 is 1.53 bits per heavy atom. The molecule has 17 heavy (non-hydrogen) atoms. The van der Waals surface area contributed by atoms with Crippen molar-refractivity contribution < 1.29 is 4.79 Å². The molecule has 1 unspecified atom stereocenters. The van der Waals surface area contributed by atoms with Crippen LogP contribution in [0.15, 0.2) is 22.7 Å². The summed E-state index contributed by atoms with van der Waals surface area (Å²) in [5.74, 6) is -0.0391. The summed E-state index contributed by atoms with van der Waals surface area (Å²) >= 11 is 9.27. The summed E-state index contributed by atoms with van der Waals surface area (Å²) in [7, 11) is 0. The predicted molar refractivity (Wildman–Crippen MR) is 75.8 cm³/mol.